The lowest BCUT2D eigenvalue weighted by atomic mass is 10.3. The van der Waals surface area contributed by atoms with E-state index in [1.807, 2.05) is 0 Å². The van der Waals surface area contributed by atoms with Gasteiger partial charge in [0.25, 0.3) is 0 Å². The van der Waals surface area contributed by atoms with Gasteiger partial charge in [0, 0.05) is 78.5 Å². The molecule has 13 heteroatoms. The molecule has 0 saturated carbocycles. The second-order valence-corrected chi connectivity index (χ2v) is 10.3. The number of carbonyl (C=O) groups is 4. The van der Waals surface area contributed by atoms with Crippen molar-refractivity contribution in [2.24, 2.45) is 0 Å². The number of ether oxygens (including phenoxy) is 4. The summed E-state index contributed by atoms with van der Waals surface area (Å²) in [5.74, 6) is -1.04. The third-order valence-electron chi connectivity index (χ3n) is 7.71. The van der Waals surface area contributed by atoms with E-state index in [0.29, 0.717) is 26.2 Å². The van der Waals surface area contributed by atoms with Gasteiger partial charge in [-0.25, -0.2) is 0 Å². The van der Waals surface area contributed by atoms with Crippen molar-refractivity contribution in [2.75, 3.05) is 127 Å². The number of hydrogen-bond acceptors (Lipinski definition) is 13. The maximum Gasteiger partial charge on any atom is 0.306 e. The molecule has 0 spiro atoms. The second kappa shape index (κ2) is 26.1. The molecule has 0 fully saturated rings. The van der Waals surface area contributed by atoms with E-state index in [9.17, 15) is 19.2 Å². The Bertz CT molecular complexity index is 673. The van der Waals surface area contributed by atoms with E-state index in [1.165, 1.54) is 28.4 Å². The average Bonchev–Trinajstić information content (AvgIpc) is 3.03. The number of esters is 4. The minimum Gasteiger partial charge on any atom is -0.469 e. The van der Waals surface area contributed by atoms with E-state index in [0.717, 1.165) is 72.0 Å². The molecule has 0 aliphatic carbocycles. The van der Waals surface area contributed by atoms with Crippen LogP contribution in [0, 0.1) is 0 Å². The summed E-state index contributed by atoms with van der Waals surface area (Å²) in [5, 5.41) is 0. The van der Waals surface area contributed by atoms with Crippen LogP contribution in [-0.4, -0.2) is 175 Å². The van der Waals surface area contributed by atoms with Gasteiger partial charge >= 0.3 is 23.9 Å². The summed E-state index contributed by atoms with van der Waals surface area (Å²) in [7, 11) is 5.54. The Morgan fingerprint density at radius 1 is 0.349 bits per heavy atom. The predicted molar refractivity (Wildman–Crippen MR) is 166 cm³/mol. The van der Waals surface area contributed by atoms with Crippen molar-refractivity contribution in [1.29, 1.82) is 0 Å². The van der Waals surface area contributed by atoms with Crippen LogP contribution < -0.4 is 0 Å². The molecule has 0 saturated heterocycles. The van der Waals surface area contributed by atoms with Gasteiger partial charge in [0.2, 0.25) is 0 Å². The fraction of sp³-hybridized carbons (Fsp3) is 0.867. The minimum absolute atomic E-state index is 0.259. The summed E-state index contributed by atoms with van der Waals surface area (Å²) in [6.45, 7) is 18.3. The van der Waals surface area contributed by atoms with Crippen LogP contribution in [0.3, 0.4) is 0 Å². The molecule has 0 atom stereocenters. The van der Waals surface area contributed by atoms with Crippen molar-refractivity contribution in [1.82, 2.24) is 24.5 Å². The Labute approximate surface area is 259 Å². The van der Waals surface area contributed by atoms with E-state index in [2.05, 4.69) is 45.3 Å². The largest absolute Gasteiger partial charge is 0.469 e. The summed E-state index contributed by atoms with van der Waals surface area (Å²) in [6.07, 6.45) is 1.15. The van der Waals surface area contributed by atoms with Crippen LogP contribution in [0.15, 0.2) is 0 Å². The van der Waals surface area contributed by atoms with E-state index in [4.69, 9.17) is 18.9 Å². The van der Waals surface area contributed by atoms with Crippen molar-refractivity contribution in [3.63, 3.8) is 0 Å². The van der Waals surface area contributed by atoms with Gasteiger partial charge in [-0.2, -0.15) is 0 Å². The predicted octanol–water partition coefficient (Wildman–Crippen LogP) is 0.809. The topological polar surface area (TPSA) is 121 Å². The first-order chi connectivity index (χ1) is 20.6. The lowest BCUT2D eigenvalue weighted by Crippen LogP contribution is -2.43. The SMILES string of the molecule is CCN(CCN(CC)CCN(CCC(=O)OC)CCC(=O)OC)CCN(CC)CCN(CCC(=O)OC)CCC(=O)OC. The summed E-state index contributed by atoms with van der Waals surface area (Å²) in [4.78, 5) is 58.1. The molecule has 0 heterocycles. The number of likely N-dealkylation sites (N-methyl/N-ethyl adjacent to an activating group) is 3. The van der Waals surface area contributed by atoms with E-state index < -0.39 is 0 Å². The van der Waals surface area contributed by atoms with Gasteiger partial charge in [-0.05, 0) is 19.6 Å². The number of methoxy groups -OCH3 is 4. The van der Waals surface area contributed by atoms with Crippen molar-refractivity contribution in [2.45, 2.75) is 46.5 Å². The van der Waals surface area contributed by atoms with Crippen molar-refractivity contribution in [3.05, 3.63) is 0 Å². The van der Waals surface area contributed by atoms with Crippen LogP contribution in [0.5, 0.6) is 0 Å². The first-order valence-corrected chi connectivity index (χ1v) is 15.5. The minimum atomic E-state index is -0.259. The molecule has 0 amide bonds. The number of nitrogens with zero attached hydrogens (tertiary/aromatic N) is 5. The van der Waals surface area contributed by atoms with Crippen LogP contribution >= 0.6 is 0 Å². The van der Waals surface area contributed by atoms with E-state index >= 15 is 0 Å². The second-order valence-electron chi connectivity index (χ2n) is 10.3. The fourth-order valence-corrected chi connectivity index (χ4v) is 4.49. The van der Waals surface area contributed by atoms with Crippen LogP contribution in [0.2, 0.25) is 0 Å². The summed E-state index contributed by atoms with van der Waals surface area (Å²) in [5.41, 5.74) is 0. The molecule has 0 aromatic rings. The average molecular weight is 618 g/mol. The summed E-state index contributed by atoms with van der Waals surface area (Å²) in [6, 6.07) is 0. The van der Waals surface area contributed by atoms with Crippen LogP contribution in [0.1, 0.15) is 46.5 Å². The molecule has 0 radical (unpaired) electrons. The zero-order valence-corrected chi connectivity index (χ0v) is 27.9. The highest BCUT2D eigenvalue weighted by Crippen LogP contribution is 2.02. The lowest BCUT2D eigenvalue weighted by Gasteiger charge is -2.31. The quantitative estimate of drug-likeness (QED) is 0.0956. The highest BCUT2D eigenvalue weighted by molar-refractivity contribution is 5.70. The highest BCUT2D eigenvalue weighted by atomic mass is 16.5. The maximum absolute atomic E-state index is 11.7. The molecule has 0 aliphatic heterocycles. The van der Waals surface area contributed by atoms with Crippen molar-refractivity contribution in [3.8, 4) is 0 Å². The van der Waals surface area contributed by atoms with E-state index in [-0.39, 0.29) is 49.6 Å². The summed E-state index contributed by atoms with van der Waals surface area (Å²) >= 11 is 0. The molecular weight excluding hydrogens is 558 g/mol. The Balaban J connectivity index is 4.82. The highest BCUT2D eigenvalue weighted by Gasteiger charge is 2.16. The third kappa shape index (κ3) is 21.1. The molecule has 13 nitrogen and oxygen atoms in total. The zero-order chi connectivity index (χ0) is 32.5. The maximum atomic E-state index is 11.7. The van der Waals surface area contributed by atoms with Crippen molar-refractivity contribution >= 4 is 23.9 Å². The van der Waals surface area contributed by atoms with Gasteiger partial charge in [0.1, 0.15) is 0 Å². The molecule has 0 aromatic heterocycles. The number of carbonyl (C=O) groups excluding carboxylic acids is 4. The Hall–Kier alpha value is -2.32. The molecule has 0 aromatic carbocycles. The standard InChI is InChI=1S/C30H59N5O8/c1-8-31(19-21-32(9-2)23-25-34(15-11-27(36)40-4)16-12-28(37)41-5)20-22-33(10-3)24-26-35(17-13-29(38)42-6)18-14-30(39)43-7/h8-26H2,1-7H3. The van der Waals surface area contributed by atoms with Crippen molar-refractivity contribution < 1.29 is 38.1 Å². The monoisotopic (exact) mass is 617 g/mol. The smallest absolute Gasteiger partial charge is 0.306 e. The molecule has 0 rings (SSSR count). The van der Waals surface area contributed by atoms with Gasteiger partial charge < -0.3 is 43.4 Å². The van der Waals surface area contributed by atoms with Crippen LogP contribution in [-0.2, 0) is 38.1 Å². The Morgan fingerprint density at radius 2 is 0.535 bits per heavy atom. The Kier molecular flexibility index (Phi) is 24.7. The molecule has 252 valence electrons. The first kappa shape index (κ1) is 40.7. The normalized spacial score (nSPS) is 11.5. The number of rotatable bonds is 27. The molecular formula is C30H59N5O8. The van der Waals surface area contributed by atoms with Gasteiger partial charge in [-0.15, -0.1) is 0 Å². The molecule has 43 heavy (non-hydrogen) atoms. The third-order valence-corrected chi connectivity index (χ3v) is 7.71. The van der Waals surface area contributed by atoms with Crippen LogP contribution in [0.4, 0.5) is 0 Å². The summed E-state index contributed by atoms with van der Waals surface area (Å²) < 4.78 is 19.1. The molecule has 0 aliphatic rings. The van der Waals surface area contributed by atoms with Gasteiger partial charge in [-0.1, -0.05) is 20.8 Å². The van der Waals surface area contributed by atoms with E-state index in [1.54, 1.807) is 0 Å². The zero-order valence-electron chi connectivity index (χ0n) is 27.9. The molecule has 0 unspecified atom stereocenters. The fourth-order valence-electron chi connectivity index (χ4n) is 4.49. The molecule has 0 N–H and O–H groups in total. The lowest BCUT2D eigenvalue weighted by molar-refractivity contribution is -0.142. The Morgan fingerprint density at radius 3 is 0.698 bits per heavy atom. The van der Waals surface area contributed by atoms with Crippen LogP contribution in [0.25, 0.3) is 0 Å². The first-order valence-electron chi connectivity index (χ1n) is 15.5. The van der Waals surface area contributed by atoms with Gasteiger partial charge in [-0.3, -0.25) is 19.2 Å². The molecule has 0 bridgehead atoms. The number of hydrogen-bond donors (Lipinski definition) is 0. The van der Waals surface area contributed by atoms with Gasteiger partial charge in [0.05, 0.1) is 54.1 Å². The van der Waals surface area contributed by atoms with Gasteiger partial charge in [0.15, 0.2) is 0 Å².